The number of ketones is 1. The standard InChI is InChI=1S/C13H12O3/c1-2-12-7-10(8-16-12)13(15)9-3-5-11(14)6-4-9/h3-8,14H,2H2,1H3. The predicted octanol–water partition coefficient (Wildman–Crippen LogP) is 2.78. The summed E-state index contributed by atoms with van der Waals surface area (Å²) in [5.74, 6) is 0.851. The molecule has 0 radical (unpaired) electrons. The average Bonchev–Trinajstić information content (AvgIpc) is 2.77. The normalized spacial score (nSPS) is 10.3. The number of carbonyl (C=O) groups excluding carboxylic acids is 1. The van der Waals surface area contributed by atoms with Crippen molar-refractivity contribution >= 4 is 5.78 Å². The summed E-state index contributed by atoms with van der Waals surface area (Å²) >= 11 is 0. The van der Waals surface area contributed by atoms with Crippen LogP contribution in [0.4, 0.5) is 0 Å². The highest BCUT2D eigenvalue weighted by Crippen LogP contribution is 2.16. The van der Waals surface area contributed by atoms with Gasteiger partial charge in [0.15, 0.2) is 5.78 Å². The van der Waals surface area contributed by atoms with Gasteiger partial charge in [-0.15, -0.1) is 0 Å². The smallest absolute Gasteiger partial charge is 0.196 e. The van der Waals surface area contributed by atoms with Crippen molar-refractivity contribution in [2.45, 2.75) is 13.3 Å². The number of rotatable bonds is 3. The van der Waals surface area contributed by atoms with Gasteiger partial charge >= 0.3 is 0 Å². The Balaban J connectivity index is 2.28. The molecule has 1 N–H and O–H groups in total. The number of aryl methyl sites for hydroxylation is 1. The van der Waals surface area contributed by atoms with Crippen molar-refractivity contribution in [2.24, 2.45) is 0 Å². The Morgan fingerprint density at radius 2 is 1.94 bits per heavy atom. The lowest BCUT2D eigenvalue weighted by Gasteiger charge is -1.97. The molecule has 0 amide bonds. The molecule has 0 bridgehead atoms. The molecule has 3 heteroatoms. The van der Waals surface area contributed by atoms with Crippen molar-refractivity contribution in [3.8, 4) is 5.75 Å². The van der Waals surface area contributed by atoms with E-state index in [0.717, 1.165) is 12.2 Å². The average molecular weight is 216 g/mol. The molecule has 1 aromatic heterocycles. The lowest BCUT2D eigenvalue weighted by atomic mass is 10.1. The lowest BCUT2D eigenvalue weighted by molar-refractivity contribution is 0.103. The van der Waals surface area contributed by atoms with Crippen LogP contribution in [0.25, 0.3) is 0 Å². The van der Waals surface area contributed by atoms with Gasteiger partial charge in [-0.1, -0.05) is 6.92 Å². The fourth-order valence-corrected chi connectivity index (χ4v) is 1.46. The molecule has 0 unspecified atom stereocenters. The number of aromatic hydroxyl groups is 1. The summed E-state index contributed by atoms with van der Waals surface area (Å²) in [6.45, 7) is 1.97. The van der Waals surface area contributed by atoms with Gasteiger partial charge in [0, 0.05) is 12.0 Å². The fraction of sp³-hybridized carbons (Fsp3) is 0.154. The van der Waals surface area contributed by atoms with Crippen LogP contribution in [0, 0.1) is 0 Å². The van der Waals surface area contributed by atoms with E-state index in [1.54, 1.807) is 18.2 Å². The monoisotopic (exact) mass is 216 g/mol. The summed E-state index contributed by atoms with van der Waals surface area (Å²) in [5, 5.41) is 9.12. The first-order valence-corrected chi connectivity index (χ1v) is 5.12. The summed E-state index contributed by atoms with van der Waals surface area (Å²) in [6, 6.07) is 7.92. The summed E-state index contributed by atoms with van der Waals surface area (Å²) in [6.07, 6.45) is 2.23. The fourth-order valence-electron chi connectivity index (χ4n) is 1.46. The van der Waals surface area contributed by atoms with Gasteiger partial charge in [0.05, 0.1) is 5.56 Å². The van der Waals surface area contributed by atoms with Crippen LogP contribution in [0.2, 0.25) is 0 Å². The molecule has 0 atom stereocenters. The highest BCUT2D eigenvalue weighted by molar-refractivity contribution is 6.08. The topological polar surface area (TPSA) is 50.4 Å². The van der Waals surface area contributed by atoms with Crippen molar-refractivity contribution < 1.29 is 14.3 Å². The Morgan fingerprint density at radius 3 is 2.50 bits per heavy atom. The first kappa shape index (κ1) is 10.5. The highest BCUT2D eigenvalue weighted by atomic mass is 16.3. The number of carbonyl (C=O) groups is 1. The third-order valence-corrected chi connectivity index (χ3v) is 2.39. The van der Waals surface area contributed by atoms with Gasteiger partial charge in [0.25, 0.3) is 0 Å². The van der Waals surface area contributed by atoms with Gasteiger partial charge in [-0.25, -0.2) is 0 Å². The van der Waals surface area contributed by atoms with Crippen molar-refractivity contribution in [1.29, 1.82) is 0 Å². The predicted molar refractivity (Wildman–Crippen MR) is 59.6 cm³/mol. The van der Waals surface area contributed by atoms with E-state index in [9.17, 15) is 4.79 Å². The van der Waals surface area contributed by atoms with Crippen LogP contribution in [0.3, 0.4) is 0 Å². The third kappa shape index (κ3) is 1.98. The first-order chi connectivity index (χ1) is 7.70. The van der Waals surface area contributed by atoms with Crippen molar-refractivity contribution in [1.82, 2.24) is 0 Å². The number of furan rings is 1. The molecule has 82 valence electrons. The minimum absolute atomic E-state index is 0.0940. The second kappa shape index (κ2) is 4.23. The van der Waals surface area contributed by atoms with Crippen LogP contribution in [-0.4, -0.2) is 10.9 Å². The number of benzene rings is 1. The third-order valence-electron chi connectivity index (χ3n) is 2.39. The number of hydrogen-bond acceptors (Lipinski definition) is 3. The van der Waals surface area contributed by atoms with Gasteiger partial charge in [-0.05, 0) is 30.3 Å². The minimum Gasteiger partial charge on any atom is -0.508 e. The maximum atomic E-state index is 11.9. The molecule has 1 heterocycles. The summed E-state index contributed by atoms with van der Waals surface area (Å²) in [4.78, 5) is 11.9. The van der Waals surface area contributed by atoms with E-state index < -0.39 is 0 Å². The Kier molecular flexibility index (Phi) is 2.77. The van der Waals surface area contributed by atoms with Gasteiger partial charge in [0.1, 0.15) is 17.8 Å². The second-order valence-corrected chi connectivity index (χ2v) is 3.53. The van der Waals surface area contributed by atoms with E-state index in [-0.39, 0.29) is 11.5 Å². The summed E-state index contributed by atoms with van der Waals surface area (Å²) in [7, 11) is 0. The Morgan fingerprint density at radius 1 is 1.25 bits per heavy atom. The van der Waals surface area contributed by atoms with E-state index in [1.165, 1.54) is 18.4 Å². The molecule has 0 saturated carbocycles. The number of phenolic OH excluding ortho intramolecular Hbond substituents is 1. The van der Waals surface area contributed by atoms with Gasteiger partial charge in [-0.3, -0.25) is 4.79 Å². The van der Waals surface area contributed by atoms with E-state index in [1.807, 2.05) is 6.92 Å². The number of hydrogen-bond donors (Lipinski definition) is 1. The van der Waals surface area contributed by atoms with Crippen LogP contribution in [0.1, 0.15) is 28.6 Å². The van der Waals surface area contributed by atoms with Gasteiger partial charge < -0.3 is 9.52 Å². The quantitative estimate of drug-likeness (QED) is 0.802. The Labute approximate surface area is 93.3 Å². The van der Waals surface area contributed by atoms with Crippen molar-refractivity contribution in [3.63, 3.8) is 0 Å². The number of phenols is 1. The molecular formula is C13H12O3. The molecule has 1 aromatic carbocycles. The van der Waals surface area contributed by atoms with Crippen molar-refractivity contribution in [2.75, 3.05) is 0 Å². The molecule has 0 fully saturated rings. The molecule has 0 aliphatic heterocycles. The van der Waals surface area contributed by atoms with Gasteiger partial charge in [0.2, 0.25) is 0 Å². The molecule has 0 spiro atoms. The van der Waals surface area contributed by atoms with E-state index in [2.05, 4.69) is 0 Å². The zero-order valence-electron chi connectivity index (χ0n) is 8.93. The molecule has 3 nitrogen and oxygen atoms in total. The van der Waals surface area contributed by atoms with Crippen LogP contribution < -0.4 is 0 Å². The minimum atomic E-state index is -0.0940. The van der Waals surface area contributed by atoms with Crippen LogP contribution >= 0.6 is 0 Å². The molecule has 2 rings (SSSR count). The molecule has 0 aliphatic rings. The van der Waals surface area contributed by atoms with E-state index in [0.29, 0.717) is 11.1 Å². The molecular weight excluding hydrogens is 204 g/mol. The first-order valence-electron chi connectivity index (χ1n) is 5.12. The molecule has 16 heavy (non-hydrogen) atoms. The van der Waals surface area contributed by atoms with E-state index >= 15 is 0 Å². The largest absolute Gasteiger partial charge is 0.508 e. The van der Waals surface area contributed by atoms with E-state index in [4.69, 9.17) is 9.52 Å². The Hall–Kier alpha value is -2.03. The lowest BCUT2D eigenvalue weighted by Crippen LogP contribution is -1.98. The SMILES string of the molecule is CCc1cc(C(=O)c2ccc(O)cc2)co1. The second-order valence-electron chi connectivity index (χ2n) is 3.53. The highest BCUT2D eigenvalue weighted by Gasteiger charge is 2.11. The molecule has 2 aromatic rings. The molecule has 0 saturated heterocycles. The zero-order valence-corrected chi connectivity index (χ0v) is 8.93. The maximum Gasteiger partial charge on any atom is 0.196 e. The van der Waals surface area contributed by atoms with Crippen LogP contribution in [0.15, 0.2) is 41.0 Å². The van der Waals surface area contributed by atoms with Crippen molar-refractivity contribution in [3.05, 3.63) is 53.5 Å². The summed E-state index contributed by atoms with van der Waals surface area (Å²) < 4.78 is 5.21. The Bertz CT molecular complexity index is 494. The van der Waals surface area contributed by atoms with Crippen LogP contribution in [0.5, 0.6) is 5.75 Å². The summed E-state index contributed by atoms with van der Waals surface area (Å²) in [5.41, 5.74) is 1.09. The zero-order chi connectivity index (χ0) is 11.5. The maximum absolute atomic E-state index is 11.9. The molecule has 0 aliphatic carbocycles. The van der Waals surface area contributed by atoms with Crippen LogP contribution in [-0.2, 0) is 6.42 Å². The van der Waals surface area contributed by atoms with Gasteiger partial charge in [-0.2, -0.15) is 0 Å².